The molecule has 0 aliphatic heterocycles. The van der Waals surface area contributed by atoms with Crippen LogP contribution in [-0.4, -0.2) is 17.4 Å². The Morgan fingerprint density at radius 1 is 1.04 bits per heavy atom. The summed E-state index contributed by atoms with van der Waals surface area (Å²) in [6.45, 7) is 2.91. The van der Waals surface area contributed by atoms with E-state index in [1.54, 1.807) is 29.2 Å². The van der Waals surface area contributed by atoms with E-state index >= 15 is 0 Å². The Labute approximate surface area is 162 Å². The van der Waals surface area contributed by atoms with Crippen LogP contribution in [0.4, 0.5) is 0 Å². The zero-order chi connectivity index (χ0) is 19.5. The van der Waals surface area contributed by atoms with Crippen molar-refractivity contribution in [3.05, 3.63) is 82.4 Å². The van der Waals surface area contributed by atoms with Crippen molar-refractivity contribution in [2.75, 3.05) is 6.54 Å². The Kier molecular flexibility index (Phi) is 4.98. The summed E-state index contributed by atoms with van der Waals surface area (Å²) in [5.41, 5.74) is 0.996. The molecule has 2 aromatic carbocycles. The van der Waals surface area contributed by atoms with Crippen LogP contribution in [0.15, 0.2) is 74.5 Å². The van der Waals surface area contributed by atoms with Gasteiger partial charge >= 0.3 is 0 Å². The molecule has 1 amide bonds. The van der Waals surface area contributed by atoms with Crippen LogP contribution in [0.5, 0.6) is 0 Å². The molecule has 0 saturated carbocycles. The van der Waals surface area contributed by atoms with Gasteiger partial charge in [-0.05, 0) is 30.7 Å². The van der Waals surface area contributed by atoms with Crippen molar-refractivity contribution < 1.29 is 13.6 Å². The molecule has 0 N–H and O–H groups in total. The number of para-hydroxylation sites is 2. The first kappa shape index (κ1) is 18.0. The van der Waals surface area contributed by atoms with E-state index in [0.29, 0.717) is 29.8 Å². The molecule has 0 unspecified atom stereocenters. The minimum Gasteiger partial charge on any atom is -0.463 e. The fourth-order valence-electron chi connectivity index (χ4n) is 3.30. The molecule has 0 radical (unpaired) electrons. The number of hydrogen-bond acceptors (Lipinski definition) is 4. The highest BCUT2D eigenvalue weighted by Gasteiger charge is 2.22. The minimum atomic E-state index is -0.339. The molecular weight excluding hydrogens is 354 g/mol. The van der Waals surface area contributed by atoms with Crippen LogP contribution in [0.1, 0.15) is 35.9 Å². The number of furan rings is 1. The topological polar surface area (TPSA) is 63.7 Å². The van der Waals surface area contributed by atoms with Gasteiger partial charge in [-0.15, -0.1) is 0 Å². The van der Waals surface area contributed by atoms with Gasteiger partial charge < -0.3 is 13.7 Å². The lowest BCUT2D eigenvalue weighted by atomic mass is 10.1. The van der Waals surface area contributed by atoms with E-state index in [1.807, 2.05) is 30.3 Å². The van der Waals surface area contributed by atoms with Gasteiger partial charge in [-0.1, -0.05) is 43.7 Å². The summed E-state index contributed by atoms with van der Waals surface area (Å²) >= 11 is 0. The lowest BCUT2D eigenvalue weighted by molar-refractivity contribution is 0.0726. The molecule has 5 heteroatoms. The van der Waals surface area contributed by atoms with Gasteiger partial charge in [0.05, 0.1) is 11.9 Å². The Morgan fingerprint density at radius 2 is 1.79 bits per heavy atom. The lowest BCUT2D eigenvalue weighted by Crippen LogP contribution is -2.34. The van der Waals surface area contributed by atoms with E-state index in [1.165, 1.54) is 6.26 Å². The lowest BCUT2D eigenvalue weighted by Gasteiger charge is -2.21. The molecule has 2 heterocycles. The van der Waals surface area contributed by atoms with Gasteiger partial charge in [-0.3, -0.25) is 9.59 Å². The molecule has 0 aliphatic rings. The molecule has 28 heavy (non-hydrogen) atoms. The number of fused-ring (bicyclic) bond motifs is 2. The van der Waals surface area contributed by atoms with Crippen molar-refractivity contribution in [2.24, 2.45) is 0 Å². The van der Waals surface area contributed by atoms with Crippen molar-refractivity contribution in [3.63, 3.8) is 0 Å². The van der Waals surface area contributed by atoms with Crippen LogP contribution < -0.4 is 5.43 Å². The van der Waals surface area contributed by atoms with Gasteiger partial charge in [0, 0.05) is 11.9 Å². The summed E-state index contributed by atoms with van der Waals surface area (Å²) in [4.78, 5) is 27.6. The van der Waals surface area contributed by atoms with Crippen molar-refractivity contribution in [3.8, 4) is 0 Å². The van der Waals surface area contributed by atoms with Crippen molar-refractivity contribution in [1.29, 1.82) is 0 Å². The first-order valence-electron chi connectivity index (χ1n) is 9.44. The molecule has 0 aliphatic carbocycles. The van der Waals surface area contributed by atoms with Crippen LogP contribution in [0.25, 0.3) is 21.9 Å². The summed E-state index contributed by atoms with van der Waals surface area (Å²) < 4.78 is 11.4. The van der Waals surface area contributed by atoms with E-state index in [-0.39, 0.29) is 16.9 Å². The van der Waals surface area contributed by atoms with Gasteiger partial charge in [-0.25, -0.2) is 0 Å². The van der Waals surface area contributed by atoms with Crippen LogP contribution in [-0.2, 0) is 6.54 Å². The second-order valence-corrected chi connectivity index (χ2v) is 6.81. The van der Waals surface area contributed by atoms with E-state index in [4.69, 9.17) is 8.83 Å². The largest absolute Gasteiger partial charge is 0.463 e. The van der Waals surface area contributed by atoms with Crippen molar-refractivity contribution in [1.82, 2.24) is 4.90 Å². The molecule has 4 aromatic rings. The molecule has 0 atom stereocenters. The number of carbonyl (C=O) groups excluding carboxylic acids is 1. The third-order valence-corrected chi connectivity index (χ3v) is 4.80. The number of hydrogen-bond donors (Lipinski definition) is 0. The van der Waals surface area contributed by atoms with E-state index < -0.39 is 0 Å². The molecule has 0 fully saturated rings. The normalized spacial score (nSPS) is 11.2. The first-order chi connectivity index (χ1) is 13.7. The Bertz CT molecular complexity index is 1150. The summed E-state index contributed by atoms with van der Waals surface area (Å²) in [7, 11) is 0. The van der Waals surface area contributed by atoms with Crippen LogP contribution in [0, 0.1) is 0 Å². The quantitative estimate of drug-likeness (QED) is 0.477. The average molecular weight is 375 g/mol. The monoisotopic (exact) mass is 375 g/mol. The number of unbranched alkanes of at least 4 members (excludes halogenated alkanes) is 1. The molecule has 5 nitrogen and oxygen atoms in total. The summed E-state index contributed by atoms with van der Waals surface area (Å²) in [5, 5.41) is 1.40. The summed E-state index contributed by atoms with van der Waals surface area (Å²) in [5.74, 6) is 0.351. The fraction of sp³-hybridized carbons (Fsp3) is 0.217. The third kappa shape index (κ3) is 3.43. The number of rotatable bonds is 6. The minimum absolute atomic E-state index is 0.0471. The molecule has 0 spiro atoms. The van der Waals surface area contributed by atoms with Crippen LogP contribution >= 0.6 is 0 Å². The van der Waals surface area contributed by atoms with Crippen LogP contribution in [0.3, 0.4) is 0 Å². The molecule has 2 aromatic heterocycles. The predicted molar refractivity (Wildman–Crippen MR) is 108 cm³/mol. The maximum atomic E-state index is 13.2. The fourth-order valence-corrected chi connectivity index (χ4v) is 3.30. The van der Waals surface area contributed by atoms with E-state index in [2.05, 4.69) is 6.92 Å². The highest BCUT2D eigenvalue weighted by molar-refractivity contribution is 5.96. The van der Waals surface area contributed by atoms with Gasteiger partial charge in [0.15, 0.2) is 0 Å². The highest BCUT2D eigenvalue weighted by atomic mass is 16.3. The number of benzene rings is 2. The second-order valence-electron chi connectivity index (χ2n) is 6.81. The molecular formula is C23H21NO4. The molecule has 0 saturated heterocycles. The van der Waals surface area contributed by atoms with Crippen molar-refractivity contribution >= 4 is 27.8 Å². The Morgan fingerprint density at radius 3 is 2.57 bits per heavy atom. The zero-order valence-corrected chi connectivity index (χ0v) is 15.7. The van der Waals surface area contributed by atoms with Gasteiger partial charge in [0.1, 0.15) is 28.8 Å². The van der Waals surface area contributed by atoms with Gasteiger partial charge in [0.2, 0.25) is 5.43 Å². The molecule has 0 bridgehead atoms. The highest BCUT2D eigenvalue weighted by Crippen LogP contribution is 2.21. The van der Waals surface area contributed by atoms with E-state index in [9.17, 15) is 9.59 Å². The molecule has 4 rings (SSSR count). The average Bonchev–Trinajstić information content (AvgIpc) is 3.13. The summed E-state index contributed by atoms with van der Waals surface area (Å²) in [6, 6.07) is 16.6. The first-order valence-corrected chi connectivity index (χ1v) is 9.44. The zero-order valence-electron chi connectivity index (χ0n) is 15.7. The standard InChI is InChI=1S/C23H21NO4/c1-2-3-12-24(14-17-13-16-8-4-6-10-20(16)28-17)23(26)19-15-27-21-11-7-5-9-18(21)22(19)25/h4-11,13,15H,2-3,12,14H2,1H3. The number of amides is 1. The number of nitrogens with zero attached hydrogens (tertiary/aromatic N) is 1. The van der Waals surface area contributed by atoms with Gasteiger partial charge in [-0.2, -0.15) is 0 Å². The Hall–Kier alpha value is -3.34. The number of carbonyl (C=O) groups is 1. The molecule has 142 valence electrons. The summed E-state index contributed by atoms with van der Waals surface area (Å²) in [6.07, 6.45) is 3.05. The van der Waals surface area contributed by atoms with E-state index in [0.717, 1.165) is 23.8 Å². The predicted octanol–water partition coefficient (Wildman–Crippen LogP) is 4.98. The Balaban J connectivity index is 1.67. The van der Waals surface area contributed by atoms with Crippen molar-refractivity contribution in [2.45, 2.75) is 26.3 Å². The maximum absolute atomic E-state index is 13.2. The van der Waals surface area contributed by atoms with Crippen LogP contribution in [0.2, 0.25) is 0 Å². The maximum Gasteiger partial charge on any atom is 0.261 e. The SMILES string of the molecule is CCCCN(Cc1cc2ccccc2o1)C(=O)c1coc2ccccc2c1=O. The smallest absolute Gasteiger partial charge is 0.261 e. The van der Waals surface area contributed by atoms with Gasteiger partial charge in [0.25, 0.3) is 5.91 Å². The third-order valence-electron chi connectivity index (χ3n) is 4.80. The second kappa shape index (κ2) is 7.72.